The second kappa shape index (κ2) is 6.61. The lowest BCUT2D eigenvalue weighted by atomic mass is 9.97. The molecule has 0 aliphatic carbocycles. The largest absolute Gasteiger partial charge is 0.385 e. The summed E-state index contributed by atoms with van der Waals surface area (Å²) in [6, 6.07) is 5.79. The molecule has 5 nitrogen and oxygen atoms in total. The van der Waals surface area contributed by atoms with Crippen molar-refractivity contribution in [2.45, 2.75) is 32.7 Å². The number of amides is 2. The zero-order valence-corrected chi connectivity index (χ0v) is 12.9. The first kappa shape index (κ1) is 15.4. The first-order valence-electron chi connectivity index (χ1n) is 7.39. The molecule has 5 heteroatoms. The van der Waals surface area contributed by atoms with Crippen molar-refractivity contribution in [1.82, 2.24) is 10.2 Å². The van der Waals surface area contributed by atoms with Gasteiger partial charge in [-0.3, -0.25) is 9.59 Å². The molecule has 0 bridgehead atoms. The number of rotatable bonds is 4. The molecule has 0 aromatic heterocycles. The van der Waals surface area contributed by atoms with E-state index in [-0.39, 0.29) is 24.4 Å². The quantitative estimate of drug-likeness (QED) is 0.886. The zero-order valence-electron chi connectivity index (χ0n) is 12.9. The molecule has 1 aliphatic heterocycles. The highest BCUT2D eigenvalue weighted by Crippen LogP contribution is 2.25. The molecule has 0 atom stereocenters. The molecule has 21 heavy (non-hydrogen) atoms. The summed E-state index contributed by atoms with van der Waals surface area (Å²) in [4.78, 5) is 25.8. The topological polar surface area (TPSA) is 61.4 Å². The van der Waals surface area contributed by atoms with Gasteiger partial charge in [0.1, 0.15) is 0 Å². The van der Waals surface area contributed by atoms with Gasteiger partial charge in [-0.15, -0.1) is 0 Å². The maximum absolute atomic E-state index is 12.6. The summed E-state index contributed by atoms with van der Waals surface area (Å²) >= 11 is 0. The third kappa shape index (κ3) is 3.74. The minimum Gasteiger partial charge on any atom is -0.385 e. The summed E-state index contributed by atoms with van der Waals surface area (Å²) in [5, 5.41) is 6.11. The fourth-order valence-corrected chi connectivity index (χ4v) is 2.57. The van der Waals surface area contributed by atoms with Gasteiger partial charge in [0.15, 0.2) is 0 Å². The van der Waals surface area contributed by atoms with Crippen LogP contribution in [0.25, 0.3) is 0 Å². The highest BCUT2D eigenvalue weighted by atomic mass is 16.2. The van der Waals surface area contributed by atoms with E-state index >= 15 is 0 Å². The Labute approximate surface area is 125 Å². The number of hydrogen-bond donors (Lipinski definition) is 2. The summed E-state index contributed by atoms with van der Waals surface area (Å²) in [6.07, 6.45) is 1.92. The van der Waals surface area contributed by atoms with Crippen LogP contribution in [0.3, 0.4) is 0 Å². The summed E-state index contributed by atoms with van der Waals surface area (Å²) in [7, 11) is 1.66. The number of carbonyl (C=O) groups excluding carboxylic acids is 2. The molecule has 1 heterocycles. The van der Waals surface area contributed by atoms with E-state index in [9.17, 15) is 9.59 Å². The Bertz CT molecular complexity index is 540. The van der Waals surface area contributed by atoms with Gasteiger partial charge in [-0.05, 0) is 44.4 Å². The minimum absolute atomic E-state index is 0.0775. The molecule has 0 spiro atoms. The summed E-state index contributed by atoms with van der Waals surface area (Å²) in [5.74, 6) is -0.238. The first-order valence-corrected chi connectivity index (χ1v) is 7.39. The predicted molar refractivity (Wildman–Crippen MR) is 83.5 cm³/mol. The Morgan fingerprint density at radius 1 is 1.38 bits per heavy atom. The van der Waals surface area contributed by atoms with E-state index in [4.69, 9.17) is 0 Å². The smallest absolute Gasteiger partial charge is 0.254 e. The molecule has 0 radical (unpaired) electrons. The van der Waals surface area contributed by atoms with E-state index in [0.29, 0.717) is 5.56 Å². The second-order valence-electron chi connectivity index (χ2n) is 5.75. The van der Waals surface area contributed by atoms with Crippen LogP contribution < -0.4 is 10.6 Å². The van der Waals surface area contributed by atoms with Gasteiger partial charge in [-0.25, -0.2) is 0 Å². The first-order chi connectivity index (χ1) is 9.99. The van der Waals surface area contributed by atoms with Gasteiger partial charge in [-0.1, -0.05) is 6.07 Å². The Hall–Kier alpha value is -2.04. The van der Waals surface area contributed by atoms with E-state index in [0.717, 1.165) is 30.6 Å². The van der Waals surface area contributed by atoms with E-state index in [1.54, 1.807) is 7.05 Å². The molecule has 2 N–H and O–H groups in total. The number of benzene rings is 1. The predicted octanol–water partition coefficient (Wildman–Crippen LogP) is 1.64. The van der Waals surface area contributed by atoms with E-state index in [1.165, 1.54) is 4.90 Å². The standard InChI is InChI=1S/C16H23N3O2/c1-11(2)18-15(20)10-19(3)16(21)13-6-4-8-14-12(13)7-5-9-17-14/h4,6,8,11,17H,5,7,9-10H2,1-3H3,(H,18,20). The highest BCUT2D eigenvalue weighted by Gasteiger charge is 2.21. The van der Waals surface area contributed by atoms with Crippen molar-refractivity contribution in [3.63, 3.8) is 0 Å². The van der Waals surface area contributed by atoms with Gasteiger partial charge in [0.25, 0.3) is 5.91 Å². The van der Waals surface area contributed by atoms with Crippen molar-refractivity contribution in [3.8, 4) is 0 Å². The van der Waals surface area contributed by atoms with Crippen LogP contribution in [0.4, 0.5) is 5.69 Å². The van der Waals surface area contributed by atoms with Gasteiger partial charge in [-0.2, -0.15) is 0 Å². The molecule has 1 aromatic carbocycles. The number of hydrogen-bond acceptors (Lipinski definition) is 3. The van der Waals surface area contributed by atoms with E-state index in [2.05, 4.69) is 10.6 Å². The fourth-order valence-electron chi connectivity index (χ4n) is 2.57. The van der Waals surface area contributed by atoms with Crippen molar-refractivity contribution < 1.29 is 9.59 Å². The molecule has 1 aromatic rings. The molecular weight excluding hydrogens is 266 g/mol. The molecule has 2 rings (SSSR count). The number of likely N-dealkylation sites (N-methyl/N-ethyl adjacent to an activating group) is 1. The monoisotopic (exact) mass is 289 g/mol. The number of nitrogens with zero attached hydrogens (tertiary/aromatic N) is 1. The molecule has 0 saturated carbocycles. The Kier molecular flexibility index (Phi) is 4.83. The lowest BCUT2D eigenvalue weighted by molar-refractivity contribution is -0.122. The summed E-state index contributed by atoms with van der Waals surface area (Å²) in [5.41, 5.74) is 2.79. The van der Waals surface area contributed by atoms with Crippen molar-refractivity contribution >= 4 is 17.5 Å². The van der Waals surface area contributed by atoms with Gasteiger partial charge < -0.3 is 15.5 Å². The lowest BCUT2D eigenvalue weighted by Gasteiger charge is -2.23. The number of carbonyl (C=O) groups is 2. The van der Waals surface area contributed by atoms with Crippen LogP contribution in [-0.2, 0) is 11.2 Å². The molecule has 2 amide bonds. The highest BCUT2D eigenvalue weighted by molar-refractivity contribution is 5.99. The van der Waals surface area contributed by atoms with Gasteiger partial charge in [0.05, 0.1) is 6.54 Å². The lowest BCUT2D eigenvalue weighted by Crippen LogP contribution is -2.41. The summed E-state index contributed by atoms with van der Waals surface area (Å²) in [6.45, 7) is 4.82. The average molecular weight is 289 g/mol. The molecule has 0 unspecified atom stereocenters. The molecule has 1 aliphatic rings. The van der Waals surface area contributed by atoms with Gasteiger partial charge >= 0.3 is 0 Å². The maximum Gasteiger partial charge on any atom is 0.254 e. The maximum atomic E-state index is 12.6. The second-order valence-corrected chi connectivity index (χ2v) is 5.75. The molecule has 0 saturated heterocycles. The van der Waals surface area contributed by atoms with Crippen molar-refractivity contribution in [2.75, 3.05) is 25.5 Å². The third-order valence-corrected chi connectivity index (χ3v) is 3.50. The van der Waals surface area contributed by atoms with Crippen molar-refractivity contribution in [1.29, 1.82) is 0 Å². The van der Waals surface area contributed by atoms with E-state index in [1.807, 2.05) is 32.0 Å². The minimum atomic E-state index is -0.135. The number of nitrogens with one attached hydrogen (secondary N) is 2. The fraction of sp³-hybridized carbons (Fsp3) is 0.500. The van der Waals surface area contributed by atoms with Crippen LogP contribution in [0, 0.1) is 0 Å². The van der Waals surface area contributed by atoms with Crippen LogP contribution in [-0.4, -0.2) is 42.9 Å². The SMILES string of the molecule is CC(C)NC(=O)CN(C)C(=O)c1cccc2c1CCCN2. The summed E-state index contributed by atoms with van der Waals surface area (Å²) < 4.78 is 0. The van der Waals surface area contributed by atoms with Gasteiger partial charge in [0.2, 0.25) is 5.91 Å². The average Bonchev–Trinajstić information content (AvgIpc) is 2.44. The van der Waals surface area contributed by atoms with Crippen molar-refractivity contribution in [3.05, 3.63) is 29.3 Å². The van der Waals surface area contributed by atoms with Crippen LogP contribution in [0.15, 0.2) is 18.2 Å². The Balaban J connectivity index is 2.11. The van der Waals surface area contributed by atoms with Crippen LogP contribution in [0.5, 0.6) is 0 Å². The Morgan fingerprint density at radius 2 is 2.14 bits per heavy atom. The number of fused-ring (bicyclic) bond motifs is 1. The van der Waals surface area contributed by atoms with Crippen molar-refractivity contribution in [2.24, 2.45) is 0 Å². The van der Waals surface area contributed by atoms with Crippen LogP contribution >= 0.6 is 0 Å². The molecule has 0 fully saturated rings. The Morgan fingerprint density at radius 3 is 2.86 bits per heavy atom. The normalized spacial score (nSPS) is 13.3. The van der Waals surface area contributed by atoms with Crippen LogP contribution in [0.1, 0.15) is 36.2 Å². The molecule has 114 valence electrons. The van der Waals surface area contributed by atoms with Gasteiger partial charge in [0, 0.05) is 30.9 Å². The molecular formula is C16H23N3O2. The van der Waals surface area contributed by atoms with E-state index < -0.39 is 0 Å². The zero-order chi connectivity index (χ0) is 15.4. The van der Waals surface area contributed by atoms with Crippen LogP contribution in [0.2, 0.25) is 0 Å². The number of anilines is 1. The third-order valence-electron chi connectivity index (χ3n) is 3.50.